The maximum Gasteiger partial charge on any atom is 0.161 e. The van der Waals surface area contributed by atoms with E-state index in [1.165, 1.54) is 29.1 Å². The van der Waals surface area contributed by atoms with Gasteiger partial charge in [0.25, 0.3) is 0 Å². The first-order chi connectivity index (χ1) is 16.1. The van der Waals surface area contributed by atoms with Gasteiger partial charge in [0.05, 0.1) is 11.4 Å². The third-order valence-corrected chi connectivity index (χ3v) is 7.21. The number of fused-ring (bicyclic) bond motifs is 5. The van der Waals surface area contributed by atoms with Gasteiger partial charge < -0.3 is 14.8 Å². The van der Waals surface area contributed by atoms with Crippen molar-refractivity contribution in [2.45, 2.75) is 13.5 Å². The van der Waals surface area contributed by atoms with Gasteiger partial charge in [0.15, 0.2) is 5.82 Å². The van der Waals surface area contributed by atoms with E-state index in [0.717, 1.165) is 48.8 Å². The van der Waals surface area contributed by atoms with Crippen molar-refractivity contribution in [1.29, 1.82) is 0 Å². The zero-order valence-corrected chi connectivity index (χ0v) is 19.0. The number of imidazole rings is 1. The van der Waals surface area contributed by atoms with Crippen LogP contribution in [0.2, 0.25) is 0 Å². The maximum atomic E-state index is 13.4. The van der Waals surface area contributed by atoms with Crippen LogP contribution in [-0.4, -0.2) is 40.8 Å². The van der Waals surface area contributed by atoms with Crippen molar-refractivity contribution in [1.82, 2.24) is 19.4 Å². The molecule has 1 fully saturated rings. The minimum atomic E-state index is -0.218. The number of anilines is 1. The van der Waals surface area contributed by atoms with E-state index in [1.807, 2.05) is 31.6 Å². The molecule has 1 N–H and O–H groups in total. The Bertz CT molecular complexity index is 1300. The third-order valence-electron chi connectivity index (χ3n) is 7.21. The number of nitrogens with zero attached hydrogens (tertiary/aromatic N) is 4. The van der Waals surface area contributed by atoms with E-state index >= 15 is 0 Å². The summed E-state index contributed by atoms with van der Waals surface area (Å²) in [4.78, 5) is 7.20. The minimum absolute atomic E-state index is 0.218. The Kier molecular flexibility index (Phi) is 4.84. The van der Waals surface area contributed by atoms with Crippen LogP contribution in [-0.2, 0) is 6.54 Å². The van der Waals surface area contributed by atoms with Crippen LogP contribution in [0.25, 0.3) is 28.3 Å². The van der Waals surface area contributed by atoms with Crippen molar-refractivity contribution in [3.8, 4) is 28.3 Å². The predicted octanol–water partition coefficient (Wildman–Crippen LogP) is 4.80. The molecule has 6 heteroatoms. The molecule has 0 saturated carbocycles. The van der Waals surface area contributed by atoms with Crippen molar-refractivity contribution in [3.63, 3.8) is 0 Å². The Hall–Kier alpha value is -3.38. The van der Waals surface area contributed by atoms with E-state index in [-0.39, 0.29) is 5.82 Å². The summed E-state index contributed by atoms with van der Waals surface area (Å²) >= 11 is 0. The Labute approximate surface area is 193 Å². The van der Waals surface area contributed by atoms with E-state index < -0.39 is 0 Å². The Morgan fingerprint density at radius 2 is 1.91 bits per heavy atom. The second-order valence-electron chi connectivity index (χ2n) is 9.38. The molecular formula is C27H28FN5. The fourth-order valence-electron chi connectivity index (χ4n) is 5.40. The number of hydrogen-bond donors (Lipinski definition) is 1. The van der Waals surface area contributed by atoms with Crippen LogP contribution >= 0.6 is 0 Å². The highest BCUT2D eigenvalue weighted by Crippen LogP contribution is 2.36. The fraction of sp³-hybridized carbons (Fsp3) is 0.296. The zero-order valence-electron chi connectivity index (χ0n) is 19.0. The third kappa shape index (κ3) is 3.45. The summed E-state index contributed by atoms with van der Waals surface area (Å²) in [6.45, 7) is 6.35. The molecule has 2 aliphatic rings. The Balaban J connectivity index is 1.39. The molecule has 0 bridgehead atoms. The lowest BCUT2D eigenvalue weighted by Crippen LogP contribution is -2.25. The number of hydrogen-bond acceptors (Lipinski definition) is 3. The van der Waals surface area contributed by atoms with Gasteiger partial charge in [-0.25, -0.2) is 9.37 Å². The molecule has 4 aromatic rings. The summed E-state index contributed by atoms with van der Waals surface area (Å²) in [6, 6.07) is 15.7. The first kappa shape index (κ1) is 20.2. The largest absolute Gasteiger partial charge is 0.371 e. The summed E-state index contributed by atoms with van der Waals surface area (Å²) < 4.78 is 17.9. The lowest BCUT2D eigenvalue weighted by Gasteiger charge is -2.21. The van der Waals surface area contributed by atoms with Crippen LogP contribution < -0.4 is 10.2 Å². The first-order valence-corrected chi connectivity index (χ1v) is 11.6. The van der Waals surface area contributed by atoms with Crippen molar-refractivity contribution < 1.29 is 4.39 Å². The highest BCUT2D eigenvalue weighted by molar-refractivity contribution is 5.72. The maximum absolute atomic E-state index is 13.4. The smallest absolute Gasteiger partial charge is 0.161 e. The highest BCUT2D eigenvalue weighted by Gasteiger charge is 2.30. The van der Waals surface area contributed by atoms with Crippen LogP contribution in [0.15, 0.2) is 67.1 Å². The normalized spacial score (nSPS) is 19.2. The van der Waals surface area contributed by atoms with Gasteiger partial charge in [0, 0.05) is 49.5 Å². The SMILES string of the molecule is CNC[C@H]1CN(c2ccc3c(c2)Cn2cc(-c4ccc(F)cc4)cc2-c2nccn2-3)C[C@@H]1C. The molecule has 1 saturated heterocycles. The van der Waals surface area contributed by atoms with Gasteiger partial charge >= 0.3 is 0 Å². The van der Waals surface area contributed by atoms with E-state index in [9.17, 15) is 4.39 Å². The summed E-state index contributed by atoms with van der Waals surface area (Å²) in [5.74, 6) is 2.05. The average molecular weight is 442 g/mol. The molecule has 168 valence electrons. The molecule has 0 radical (unpaired) electrons. The van der Waals surface area contributed by atoms with Crippen LogP contribution in [0.1, 0.15) is 12.5 Å². The molecule has 0 aliphatic carbocycles. The summed E-state index contributed by atoms with van der Waals surface area (Å²) in [5.41, 5.74) is 6.89. The van der Waals surface area contributed by atoms with E-state index in [1.54, 1.807) is 0 Å². The molecule has 6 rings (SSSR count). The average Bonchev–Trinajstić information content (AvgIpc) is 3.52. The molecule has 0 amide bonds. The van der Waals surface area contributed by atoms with Crippen LogP contribution in [0.5, 0.6) is 0 Å². The number of halogens is 1. The second kappa shape index (κ2) is 7.89. The van der Waals surface area contributed by atoms with Gasteiger partial charge in [-0.3, -0.25) is 4.57 Å². The van der Waals surface area contributed by atoms with Gasteiger partial charge in [-0.2, -0.15) is 0 Å². The Morgan fingerprint density at radius 3 is 2.73 bits per heavy atom. The van der Waals surface area contributed by atoms with Crippen molar-refractivity contribution >= 4 is 5.69 Å². The predicted molar refractivity (Wildman–Crippen MR) is 130 cm³/mol. The van der Waals surface area contributed by atoms with Gasteiger partial charge in [-0.15, -0.1) is 0 Å². The van der Waals surface area contributed by atoms with Crippen molar-refractivity contribution in [3.05, 3.63) is 78.5 Å². The molecule has 4 heterocycles. The monoisotopic (exact) mass is 441 g/mol. The Morgan fingerprint density at radius 1 is 1.06 bits per heavy atom. The minimum Gasteiger partial charge on any atom is -0.371 e. The van der Waals surface area contributed by atoms with E-state index in [2.05, 4.69) is 61.7 Å². The molecule has 5 nitrogen and oxygen atoms in total. The number of rotatable bonds is 4. The molecule has 2 aromatic carbocycles. The lowest BCUT2D eigenvalue weighted by molar-refractivity contribution is 0.435. The van der Waals surface area contributed by atoms with Gasteiger partial charge in [-0.05, 0) is 73.0 Å². The molecule has 2 atom stereocenters. The van der Waals surface area contributed by atoms with Crippen LogP contribution in [0.3, 0.4) is 0 Å². The number of nitrogens with one attached hydrogen (secondary N) is 1. The molecular weight excluding hydrogens is 413 g/mol. The molecule has 0 unspecified atom stereocenters. The second-order valence-corrected chi connectivity index (χ2v) is 9.38. The summed E-state index contributed by atoms with van der Waals surface area (Å²) in [5, 5.41) is 3.35. The molecule has 33 heavy (non-hydrogen) atoms. The zero-order chi connectivity index (χ0) is 22.5. The van der Waals surface area contributed by atoms with Gasteiger partial charge in [0.2, 0.25) is 0 Å². The van der Waals surface area contributed by atoms with E-state index in [0.29, 0.717) is 11.8 Å². The molecule has 2 aromatic heterocycles. The van der Waals surface area contributed by atoms with Crippen molar-refractivity contribution in [2.75, 3.05) is 31.6 Å². The van der Waals surface area contributed by atoms with E-state index in [4.69, 9.17) is 0 Å². The molecule has 0 spiro atoms. The number of aromatic nitrogens is 3. The van der Waals surface area contributed by atoms with Gasteiger partial charge in [0.1, 0.15) is 5.82 Å². The standard InChI is InChI=1S/C27H28FN5/c1-18-14-31(17-22(18)13-29-2)24-7-8-25-21(11-24)16-32-15-20(19-3-5-23(28)6-4-19)12-26(32)27-30-9-10-33(25)27/h3-12,15,18,22,29H,13-14,16-17H2,1-2H3/t18-,22-/m0/s1. The van der Waals surface area contributed by atoms with Crippen LogP contribution in [0, 0.1) is 17.7 Å². The number of benzene rings is 2. The van der Waals surface area contributed by atoms with Crippen molar-refractivity contribution in [2.24, 2.45) is 11.8 Å². The lowest BCUT2D eigenvalue weighted by atomic mass is 9.98. The highest BCUT2D eigenvalue weighted by atomic mass is 19.1. The summed E-state index contributed by atoms with van der Waals surface area (Å²) in [7, 11) is 2.04. The summed E-state index contributed by atoms with van der Waals surface area (Å²) in [6.07, 6.45) is 6.05. The van der Waals surface area contributed by atoms with Crippen LogP contribution in [0.4, 0.5) is 10.1 Å². The van der Waals surface area contributed by atoms with Gasteiger partial charge in [-0.1, -0.05) is 19.1 Å². The quantitative estimate of drug-likeness (QED) is 0.435. The molecule has 2 aliphatic heterocycles. The fourth-order valence-corrected chi connectivity index (χ4v) is 5.40. The first-order valence-electron chi connectivity index (χ1n) is 11.6. The topological polar surface area (TPSA) is 38.0 Å².